The quantitative estimate of drug-likeness (QED) is 0.851. The van der Waals surface area contributed by atoms with E-state index in [4.69, 9.17) is 9.47 Å². The van der Waals surface area contributed by atoms with Gasteiger partial charge in [-0.1, -0.05) is 18.2 Å². The fourth-order valence-electron chi connectivity index (χ4n) is 3.38. The van der Waals surface area contributed by atoms with Gasteiger partial charge in [-0.25, -0.2) is 0 Å². The maximum absolute atomic E-state index is 12.8. The second kappa shape index (κ2) is 6.71. The lowest BCUT2D eigenvalue weighted by molar-refractivity contribution is -0.124. The van der Waals surface area contributed by atoms with Crippen molar-refractivity contribution in [3.8, 4) is 11.5 Å². The smallest absolute Gasteiger partial charge is 0.232 e. The summed E-state index contributed by atoms with van der Waals surface area (Å²) in [6.07, 6.45) is 0.213. The van der Waals surface area contributed by atoms with E-state index >= 15 is 0 Å². The number of anilines is 2. The molecule has 2 aromatic carbocycles. The molecule has 26 heavy (non-hydrogen) atoms. The van der Waals surface area contributed by atoms with Crippen molar-refractivity contribution in [2.75, 3.05) is 36.6 Å². The summed E-state index contributed by atoms with van der Waals surface area (Å²) in [7, 11) is 1.74. The summed E-state index contributed by atoms with van der Waals surface area (Å²) in [5.41, 5.74) is 1.56. The Morgan fingerprint density at radius 2 is 1.81 bits per heavy atom. The largest absolute Gasteiger partial charge is 0.486 e. The highest BCUT2D eigenvalue weighted by molar-refractivity contribution is 6.04. The van der Waals surface area contributed by atoms with Gasteiger partial charge in [0.2, 0.25) is 11.8 Å². The van der Waals surface area contributed by atoms with Crippen molar-refractivity contribution in [3.63, 3.8) is 0 Å². The Hall–Kier alpha value is -3.02. The van der Waals surface area contributed by atoms with Crippen LogP contribution in [0.5, 0.6) is 11.5 Å². The first-order valence-corrected chi connectivity index (χ1v) is 8.66. The number of hydrogen-bond donors (Lipinski definition) is 0. The SMILES string of the molecule is CN(C(=O)C1CC(=O)N(c2ccc3c(c2)OCCO3)C1)c1ccccc1. The second-order valence-corrected chi connectivity index (χ2v) is 6.47. The van der Waals surface area contributed by atoms with Gasteiger partial charge in [0.15, 0.2) is 11.5 Å². The number of ether oxygens (including phenoxy) is 2. The molecule has 2 amide bonds. The van der Waals surface area contributed by atoms with E-state index in [1.54, 1.807) is 22.9 Å². The molecule has 1 saturated heterocycles. The van der Waals surface area contributed by atoms with Gasteiger partial charge in [0, 0.05) is 37.5 Å². The van der Waals surface area contributed by atoms with Crippen molar-refractivity contribution in [2.45, 2.75) is 6.42 Å². The van der Waals surface area contributed by atoms with Crippen LogP contribution in [-0.2, 0) is 9.59 Å². The number of carbonyl (C=O) groups is 2. The summed E-state index contributed by atoms with van der Waals surface area (Å²) in [5, 5.41) is 0. The molecule has 1 atom stereocenters. The molecule has 0 aliphatic carbocycles. The van der Waals surface area contributed by atoms with Crippen molar-refractivity contribution < 1.29 is 19.1 Å². The topological polar surface area (TPSA) is 59.1 Å². The van der Waals surface area contributed by atoms with Crippen LogP contribution < -0.4 is 19.3 Å². The molecule has 6 nitrogen and oxygen atoms in total. The molecule has 2 aliphatic rings. The molecule has 1 fully saturated rings. The van der Waals surface area contributed by atoms with Gasteiger partial charge in [-0.15, -0.1) is 0 Å². The summed E-state index contributed by atoms with van der Waals surface area (Å²) < 4.78 is 11.1. The summed E-state index contributed by atoms with van der Waals surface area (Å²) >= 11 is 0. The van der Waals surface area contributed by atoms with Crippen molar-refractivity contribution >= 4 is 23.2 Å². The summed E-state index contributed by atoms with van der Waals surface area (Å²) in [5.74, 6) is 0.854. The third kappa shape index (κ3) is 2.98. The lowest BCUT2D eigenvalue weighted by Crippen LogP contribution is -2.34. The lowest BCUT2D eigenvalue weighted by Gasteiger charge is -2.23. The Bertz CT molecular complexity index is 837. The zero-order valence-corrected chi connectivity index (χ0v) is 14.6. The average Bonchev–Trinajstić information content (AvgIpc) is 3.08. The van der Waals surface area contributed by atoms with E-state index in [1.165, 1.54) is 0 Å². The van der Waals surface area contributed by atoms with Gasteiger partial charge in [-0.2, -0.15) is 0 Å². The number of benzene rings is 2. The normalized spacial score (nSPS) is 18.7. The molecular formula is C20H20N2O4. The van der Waals surface area contributed by atoms with Gasteiger partial charge < -0.3 is 19.3 Å². The van der Waals surface area contributed by atoms with Crippen LogP contribution in [0.15, 0.2) is 48.5 Å². The molecule has 0 saturated carbocycles. The number of carbonyl (C=O) groups excluding carboxylic acids is 2. The average molecular weight is 352 g/mol. The van der Waals surface area contributed by atoms with Crippen LogP contribution >= 0.6 is 0 Å². The van der Waals surface area contributed by atoms with Crippen LogP contribution in [0.25, 0.3) is 0 Å². The van der Waals surface area contributed by atoms with Crippen LogP contribution in [0.3, 0.4) is 0 Å². The second-order valence-electron chi connectivity index (χ2n) is 6.47. The van der Waals surface area contributed by atoms with E-state index < -0.39 is 0 Å². The third-order valence-electron chi connectivity index (χ3n) is 4.79. The molecule has 0 N–H and O–H groups in total. The number of fused-ring (bicyclic) bond motifs is 1. The molecule has 2 aliphatic heterocycles. The molecule has 2 heterocycles. The first-order chi connectivity index (χ1) is 12.6. The maximum Gasteiger partial charge on any atom is 0.232 e. The molecular weight excluding hydrogens is 332 g/mol. The number of para-hydroxylation sites is 1. The van der Waals surface area contributed by atoms with Crippen LogP contribution in [0.1, 0.15) is 6.42 Å². The fourth-order valence-corrected chi connectivity index (χ4v) is 3.38. The molecule has 0 radical (unpaired) electrons. The van der Waals surface area contributed by atoms with Crippen LogP contribution in [-0.4, -0.2) is 38.6 Å². The van der Waals surface area contributed by atoms with Crippen molar-refractivity contribution in [2.24, 2.45) is 5.92 Å². The highest BCUT2D eigenvalue weighted by Crippen LogP contribution is 2.36. The van der Waals surface area contributed by atoms with Gasteiger partial charge >= 0.3 is 0 Å². The van der Waals surface area contributed by atoms with Gasteiger partial charge in [-0.3, -0.25) is 9.59 Å². The summed E-state index contributed by atoms with van der Waals surface area (Å²) in [6, 6.07) is 14.9. The van der Waals surface area contributed by atoms with Crippen molar-refractivity contribution in [3.05, 3.63) is 48.5 Å². The van der Waals surface area contributed by atoms with Crippen LogP contribution in [0.2, 0.25) is 0 Å². The van der Waals surface area contributed by atoms with E-state index in [-0.39, 0.29) is 24.2 Å². The minimum absolute atomic E-state index is 0.0513. The maximum atomic E-state index is 12.8. The highest BCUT2D eigenvalue weighted by Gasteiger charge is 2.37. The monoisotopic (exact) mass is 352 g/mol. The molecule has 4 rings (SSSR count). The zero-order valence-electron chi connectivity index (χ0n) is 14.6. The fraction of sp³-hybridized carbons (Fsp3) is 0.300. The molecule has 1 unspecified atom stereocenters. The van der Waals surface area contributed by atoms with Crippen molar-refractivity contribution in [1.82, 2.24) is 0 Å². The Balaban J connectivity index is 1.51. The van der Waals surface area contributed by atoms with Crippen LogP contribution in [0.4, 0.5) is 11.4 Å². The standard InChI is InChI=1S/C20H20N2O4/c1-21(15-5-3-2-4-6-15)20(24)14-11-19(23)22(13-14)16-7-8-17-18(12-16)26-10-9-25-17/h2-8,12,14H,9-11,13H2,1H3. The van der Waals surface area contributed by atoms with E-state index in [9.17, 15) is 9.59 Å². The molecule has 0 spiro atoms. The van der Waals surface area contributed by atoms with E-state index in [0.717, 1.165) is 11.4 Å². The predicted molar refractivity (Wildman–Crippen MR) is 97.7 cm³/mol. The summed E-state index contributed by atoms with van der Waals surface area (Å²) in [4.78, 5) is 28.6. The van der Waals surface area contributed by atoms with Crippen LogP contribution in [0, 0.1) is 5.92 Å². The Kier molecular flexibility index (Phi) is 4.24. The molecule has 0 bridgehead atoms. The lowest BCUT2D eigenvalue weighted by atomic mass is 10.1. The Morgan fingerprint density at radius 3 is 2.58 bits per heavy atom. The number of amides is 2. The Morgan fingerprint density at radius 1 is 1.08 bits per heavy atom. The summed E-state index contributed by atoms with van der Waals surface area (Å²) in [6.45, 7) is 1.39. The van der Waals surface area contributed by atoms with Gasteiger partial charge in [0.25, 0.3) is 0 Å². The van der Waals surface area contributed by atoms with E-state index in [1.807, 2.05) is 42.5 Å². The highest BCUT2D eigenvalue weighted by atomic mass is 16.6. The minimum atomic E-state index is -0.360. The predicted octanol–water partition coefficient (Wildman–Crippen LogP) is 2.47. The molecule has 2 aromatic rings. The van der Waals surface area contributed by atoms with Gasteiger partial charge in [0.05, 0.1) is 5.92 Å². The minimum Gasteiger partial charge on any atom is -0.486 e. The number of rotatable bonds is 3. The van der Waals surface area contributed by atoms with E-state index in [2.05, 4.69) is 0 Å². The van der Waals surface area contributed by atoms with Gasteiger partial charge in [0.1, 0.15) is 13.2 Å². The Labute approximate surface area is 151 Å². The number of nitrogens with zero attached hydrogens (tertiary/aromatic N) is 2. The van der Waals surface area contributed by atoms with Gasteiger partial charge in [-0.05, 0) is 24.3 Å². The number of hydrogen-bond acceptors (Lipinski definition) is 4. The molecule has 6 heteroatoms. The first kappa shape index (κ1) is 16.4. The molecule has 0 aromatic heterocycles. The first-order valence-electron chi connectivity index (χ1n) is 8.66. The third-order valence-corrected chi connectivity index (χ3v) is 4.79. The van der Waals surface area contributed by atoms with Crippen molar-refractivity contribution in [1.29, 1.82) is 0 Å². The molecule has 134 valence electrons. The zero-order chi connectivity index (χ0) is 18.1. The van der Waals surface area contributed by atoms with E-state index in [0.29, 0.717) is 31.3 Å².